The molecule has 0 atom stereocenters. The number of rotatable bonds is 5. The molecular weight excluding hydrogens is 260 g/mol. The Morgan fingerprint density at radius 3 is 2.71 bits per heavy atom. The van der Waals surface area contributed by atoms with E-state index >= 15 is 0 Å². The molecular formula is C9H14N4O2S2. The highest BCUT2D eigenvalue weighted by atomic mass is 32.2. The molecule has 6 nitrogen and oxygen atoms in total. The van der Waals surface area contributed by atoms with Gasteiger partial charge in [0.2, 0.25) is 0 Å². The number of anilines is 1. The number of hydrogen-bond donors (Lipinski definition) is 3. The van der Waals surface area contributed by atoms with E-state index in [1.165, 1.54) is 11.8 Å². The van der Waals surface area contributed by atoms with E-state index in [1.54, 1.807) is 6.92 Å². The molecule has 0 aliphatic rings. The van der Waals surface area contributed by atoms with Gasteiger partial charge in [-0.05, 0) is 24.2 Å². The smallest absolute Gasteiger partial charge is 0.319 e. The summed E-state index contributed by atoms with van der Waals surface area (Å²) in [5, 5.41) is 6.09. The normalized spacial score (nSPS) is 10.0. The zero-order chi connectivity index (χ0) is 12.8. The van der Waals surface area contributed by atoms with Gasteiger partial charge in [-0.25, -0.2) is 4.79 Å². The third-order valence-corrected chi connectivity index (χ3v) is 3.49. The predicted octanol–water partition coefficient (Wildman–Crippen LogP) is 1.50. The number of nitrogens with one attached hydrogen (secondary N) is 2. The van der Waals surface area contributed by atoms with Crippen LogP contribution in [0.1, 0.15) is 24.2 Å². The Morgan fingerprint density at radius 1 is 1.47 bits per heavy atom. The van der Waals surface area contributed by atoms with Gasteiger partial charge in [-0.1, -0.05) is 6.92 Å². The topological polar surface area (TPSA) is 97.1 Å². The maximum absolute atomic E-state index is 11.4. The van der Waals surface area contributed by atoms with Gasteiger partial charge in [-0.15, -0.1) is 11.8 Å². The van der Waals surface area contributed by atoms with E-state index in [-0.39, 0.29) is 11.6 Å². The molecule has 0 fully saturated rings. The fourth-order valence-electron chi connectivity index (χ4n) is 1.12. The van der Waals surface area contributed by atoms with Crippen molar-refractivity contribution in [3.63, 3.8) is 0 Å². The first kappa shape index (κ1) is 13.8. The van der Waals surface area contributed by atoms with Crippen LogP contribution in [0, 0.1) is 0 Å². The molecule has 1 aromatic rings. The Bertz CT molecular complexity index is 419. The van der Waals surface area contributed by atoms with Crippen LogP contribution in [-0.4, -0.2) is 28.6 Å². The lowest BCUT2D eigenvalue weighted by Gasteiger charge is -2.04. The highest BCUT2D eigenvalue weighted by Crippen LogP contribution is 2.31. The van der Waals surface area contributed by atoms with Crippen LogP contribution in [0.25, 0.3) is 0 Å². The lowest BCUT2D eigenvalue weighted by molar-refractivity contribution is 0.0998. The number of amides is 3. The van der Waals surface area contributed by atoms with Crippen molar-refractivity contribution < 1.29 is 9.59 Å². The molecule has 94 valence electrons. The van der Waals surface area contributed by atoms with Crippen LogP contribution in [-0.2, 0) is 0 Å². The molecule has 0 aromatic carbocycles. The van der Waals surface area contributed by atoms with Gasteiger partial charge in [0, 0.05) is 6.54 Å². The number of carbonyl (C=O) groups excluding carboxylic acids is 2. The van der Waals surface area contributed by atoms with E-state index in [0.717, 1.165) is 17.3 Å². The Hall–Kier alpha value is -1.28. The molecule has 1 rings (SSSR count). The van der Waals surface area contributed by atoms with Crippen molar-refractivity contribution in [3.05, 3.63) is 5.56 Å². The van der Waals surface area contributed by atoms with Gasteiger partial charge >= 0.3 is 6.03 Å². The van der Waals surface area contributed by atoms with Crippen molar-refractivity contribution >= 4 is 40.2 Å². The van der Waals surface area contributed by atoms with Gasteiger partial charge in [0.15, 0.2) is 0 Å². The number of nitrogens with zero attached hydrogens (tertiary/aromatic N) is 1. The van der Waals surface area contributed by atoms with Crippen LogP contribution in [0.15, 0.2) is 5.03 Å². The average molecular weight is 274 g/mol. The van der Waals surface area contributed by atoms with Crippen LogP contribution < -0.4 is 16.4 Å². The number of primary amides is 1. The van der Waals surface area contributed by atoms with Gasteiger partial charge in [-0.2, -0.15) is 4.37 Å². The van der Waals surface area contributed by atoms with Crippen LogP contribution in [0.5, 0.6) is 0 Å². The summed E-state index contributed by atoms with van der Waals surface area (Å²) in [6.45, 7) is 4.26. The first-order chi connectivity index (χ1) is 8.10. The summed E-state index contributed by atoms with van der Waals surface area (Å²) in [5.74, 6) is 0.200. The molecule has 1 heterocycles. The van der Waals surface area contributed by atoms with Crippen LogP contribution in [0.2, 0.25) is 0 Å². The zero-order valence-corrected chi connectivity index (χ0v) is 11.2. The monoisotopic (exact) mass is 274 g/mol. The zero-order valence-electron chi connectivity index (χ0n) is 9.57. The summed E-state index contributed by atoms with van der Waals surface area (Å²) < 4.78 is 4.10. The fourth-order valence-corrected chi connectivity index (χ4v) is 2.82. The number of hydrogen-bond acceptors (Lipinski definition) is 5. The Balaban J connectivity index is 2.91. The molecule has 0 saturated carbocycles. The second kappa shape index (κ2) is 6.45. The van der Waals surface area contributed by atoms with E-state index in [2.05, 4.69) is 15.0 Å². The second-order valence-electron chi connectivity index (χ2n) is 2.97. The molecule has 0 aliphatic carbocycles. The minimum absolute atomic E-state index is 0.285. The van der Waals surface area contributed by atoms with Crippen LogP contribution in [0.4, 0.5) is 9.80 Å². The molecule has 4 N–H and O–H groups in total. The Morgan fingerprint density at radius 2 is 2.18 bits per heavy atom. The Labute approximate surface area is 108 Å². The van der Waals surface area contributed by atoms with E-state index in [4.69, 9.17) is 5.73 Å². The number of urea groups is 1. The molecule has 17 heavy (non-hydrogen) atoms. The van der Waals surface area contributed by atoms with Crippen LogP contribution in [0.3, 0.4) is 0 Å². The first-order valence-electron chi connectivity index (χ1n) is 5.07. The largest absolute Gasteiger partial charge is 0.365 e. The predicted molar refractivity (Wildman–Crippen MR) is 69.7 cm³/mol. The van der Waals surface area contributed by atoms with Gasteiger partial charge in [0.25, 0.3) is 5.91 Å². The third-order valence-electron chi connectivity index (χ3n) is 1.75. The number of aromatic nitrogens is 1. The van der Waals surface area contributed by atoms with E-state index in [9.17, 15) is 9.59 Å². The molecule has 3 amide bonds. The number of thioether (sulfide) groups is 1. The van der Waals surface area contributed by atoms with Gasteiger partial charge in [0.05, 0.1) is 0 Å². The van der Waals surface area contributed by atoms with E-state index in [1.807, 2.05) is 6.92 Å². The quantitative estimate of drug-likeness (QED) is 0.709. The van der Waals surface area contributed by atoms with E-state index < -0.39 is 5.91 Å². The summed E-state index contributed by atoms with van der Waals surface area (Å²) in [7, 11) is 0. The Kier molecular flexibility index (Phi) is 5.23. The lowest BCUT2D eigenvalue weighted by atomic mass is 10.3. The van der Waals surface area contributed by atoms with Crippen molar-refractivity contribution in [1.82, 2.24) is 9.69 Å². The van der Waals surface area contributed by atoms with Crippen molar-refractivity contribution in [2.24, 2.45) is 5.73 Å². The molecule has 0 saturated heterocycles. The van der Waals surface area contributed by atoms with Gasteiger partial charge < -0.3 is 11.1 Å². The van der Waals surface area contributed by atoms with Crippen molar-refractivity contribution in [2.45, 2.75) is 18.9 Å². The lowest BCUT2D eigenvalue weighted by Crippen LogP contribution is -2.28. The molecule has 0 radical (unpaired) electrons. The molecule has 0 spiro atoms. The van der Waals surface area contributed by atoms with Crippen LogP contribution >= 0.6 is 23.3 Å². The minimum atomic E-state index is -0.582. The summed E-state index contributed by atoms with van der Waals surface area (Å²) >= 11 is 2.47. The van der Waals surface area contributed by atoms with Crippen molar-refractivity contribution in [3.8, 4) is 0 Å². The van der Waals surface area contributed by atoms with E-state index in [0.29, 0.717) is 16.6 Å². The maximum atomic E-state index is 11.4. The second-order valence-corrected chi connectivity index (χ2v) is 5.00. The molecule has 8 heteroatoms. The molecule has 0 aliphatic heterocycles. The SMILES string of the molecule is CCNC(=O)Nc1snc(SCC)c1C(N)=O. The summed E-state index contributed by atoms with van der Waals surface area (Å²) in [4.78, 5) is 22.7. The van der Waals surface area contributed by atoms with Gasteiger partial charge in [-0.3, -0.25) is 10.1 Å². The highest BCUT2D eigenvalue weighted by molar-refractivity contribution is 7.99. The van der Waals surface area contributed by atoms with Crippen molar-refractivity contribution in [1.29, 1.82) is 0 Å². The summed E-state index contributed by atoms with van der Waals surface area (Å²) in [6.07, 6.45) is 0. The summed E-state index contributed by atoms with van der Waals surface area (Å²) in [6, 6.07) is -0.369. The van der Waals surface area contributed by atoms with Gasteiger partial charge in [0.1, 0.15) is 15.6 Å². The molecule has 0 bridgehead atoms. The molecule has 1 aromatic heterocycles. The van der Waals surface area contributed by atoms with Crippen molar-refractivity contribution in [2.75, 3.05) is 17.6 Å². The summed E-state index contributed by atoms with van der Waals surface area (Å²) in [5.41, 5.74) is 5.57. The average Bonchev–Trinajstić information content (AvgIpc) is 2.62. The maximum Gasteiger partial charge on any atom is 0.319 e. The highest BCUT2D eigenvalue weighted by Gasteiger charge is 2.20. The number of nitrogens with two attached hydrogens (primary N) is 1. The molecule has 0 unspecified atom stereocenters. The minimum Gasteiger partial charge on any atom is -0.365 e. The fraction of sp³-hybridized carbons (Fsp3) is 0.444. The number of carbonyl (C=O) groups is 2. The third kappa shape index (κ3) is 3.60. The first-order valence-corrected chi connectivity index (χ1v) is 6.83. The standard InChI is InChI=1S/C9H14N4O2S2/c1-3-11-9(15)12-7-5(6(10)14)8(13-17-7)16-4-2/h3-4H2,1-2H3,(H2,10,14)(H2,11,12,15).